The van der Waals surface area contributed by atoms with Crippen LogP contribution in [0, 0.1) is 0 Å². The van der Waals surface area contributed by atoms with Gasteiger partial charge in [0.1, 0.15) is 0 Å². The molecule has 0 spiro atoms. The summed E-state index contributed by atoms with van der Waals surface area (Å²) < 4.78 is 16.8. The summed E-state index contributed by atoms with van der Waals surface area (Å²) in [5, 5.41) is 0. The van der Waals surface area contributed by atoms with Crippen molar-refractivity contribution in [3.05, 3.63) is 12.4 Å². The van der Waals surface area contributed by atoms with Crippen molar-refractivity contribution >= 4 is 0 Å². The van der Waals surface area contributed by atoms with E-state index in [9.17, 15) is 4.39 Å². The lowest BCUT2D eigenvalue weighted by molar-refractivity contribution is 0.0794. The Morgan fingerprint density at radius 2 is 2.23 bits per heavy atom. The average molecular weight is 189 g/mol. The van der Waals surface area contributed by atoms with Crippen LogP contribution in [0.1, 0.15) is 20.3 Å². The molecule has 1 unspecified atom stereocenters. The third kappa shape index (κ3) is 6.72. The van der Waals surface area contributed by atoms with Gasteiger partial charge in [-0.1, -0.05) is 13.0 Å². The highest BCUT2D eigenvalue weighted by Crippen LogP contribution is 1.97. The minimum absolute atomic E-state index is 0.245. The highest BCUT2D eigenvalue weighted by atomic mass is 19.1. The Hall–Kier alpha value is -0.410. The fourth-order valence-corrected chi connectivity index (χ4v) is 1.14. The summed E-state index contributed by atoms with van der Waals surface area (Å²) in [5.74, 6) is 0. The number of ether oxygens (including phenoxy) is 1. The van der Waals surface area contributed by atoms with Crippen LogP contribution in [0.25, 0.3) is 0 Å². The zero-order chi connectivity index (χ0) is 10.1. The van der Waals surface area contributed by atoms with Crippen molar-refractivity contribution in [1.82, 2.24) is 4.90 Å². The lowest BCUT2D eigenvalue weighted by atomic mass is 10.3. The average Bonchev–Trinajstić information content (AvgIpc) is 2.16. The Morgan fingerprint density at radius 1 is 1.54 bits per heavy atom. The van der Waals surface area contributed by atoms with Gasteiger partial charge in [0.15, 0.2) is 0 Å². The third-order valence-corrected chi connectivity index (χ3v) is 2.07. The summed E-state index contributed by atoms with van der Waals surface area (Å²) in [6.07, 6.45) is 3.16. The summed E-state index contributed by atoms with van der Waals surface area (Å²) in [7, 11) is 1.71. The van der Waals surface area contributed by atoms with E-state index in [4.69, 9.17) is 4.74 Å². The molecule has 0 saturated carbocycles. The summed E-state index contributed by atoms with van der Waals surface area (Å²) >= 11 is 0. The van der Waals surface area contributed by atoms with Gasteiger partial charge in [-0.2, -0.15) is 0 Å². The number of hydrogen-bond donors (Lipinski definition) is 0. The Balaban J connectivity index is 3.62. The first-order valence-corrected chi connectivity index (χ1v) is 4.75. The van der Waals surface area contributed by atoms with E-state index in [0.29, 0.717) is 6.33 Å². The first-order valence-electron chi connectivity index (χ1n) is 4.75. The van der Waals surface area contributed by atoms with Gasteiger partial charge in [0.25, 0.3) is 0 Å². The van der Waals surface area contributed by atoms with E-state index < -0.39 is 0 Å². The number of hydrogen-bond acceptors (Lipinski definition) is 2. The molecular formula is C10H20FNO. The Morgan fingerprint density at radius 3 is 2.69 bits per heavy atom. The molecule has 0 aliphatic rings. The van der Waals surface area contributed by atoms with Crippen LogP contribution in [-0.4, -0.2) is 37.7 Å². The van der Waals surface area contributed by atoms with Crippen LogP contribution in [0.15, 0.2) is 12.4 Å². The van der Waals surface area contributed by atoms with Crippen LogP contribution < -0.4 is 0 Å². The smallest absolute Gasteiger partial charge is 0.0827 e. The van der Waals surface area contributed by atoms with E-state index >= 15 is 0 Å². The van der Waals surface area contributed by atoms with Crippen LogP contribution in [0.4, 0.5) is 4.39 Å². The van der Waals surface area contributed by atoms with E-state index in [1.807, 2.05) is 6.92 Å². The minimum atomic E-state index is 0.245. The van der Waals surface area contributed by atoms with Crippen LogP contribution >= 0.6 is 0 Å². The van der Waals surface area contributed by atoms with Crippen molar-refractivity contribution in [3.63, 3.8) is 0 Å². The zero-order valence-electron chi connectivity index (χ0n) is 8.79. The SMILES string of the molecule is CCN(CC/C=C/F)CC(C)OC. The molecule has 0 aromatic carbocycles. The van der Waals surface area contributed by atoms with Crippen molar-refractivity contribution in [3.8, 4) is 0 Å². The fraction of sp³-hybridized carbons (Fsp3) is 0.800. The van der Waals surface area contributed by atoms with Crippen LogP contribution in [0.3, 0.4) is 0 Å². The Labute approximate surface area is 80.4 Å². The van der Waals surface area contributed by atoms with E-state index in [-0.39, 0.29) is 6.10 Å². The van der Waals surface area contributed by atoms with Crippen molar-refractivity contribution in [2.24, 2.45) is 0 Å². The Bertz CT molecular complexity index is 139. The minimum Gasteiger partial charge on any atom is -0.380 e. The van der Waals surface area contributed by atoms with Gasteiger partial charge >= 0.3 is 0 Å². The topological polar surface area (TPSA) is 12.5 Å². The summed E-state index contributed by atoms with van der Waals surface area (Å²) in [6.45, 7) is 6.92. The molecule has 13 heavy (non-hydrogen) atoms. The molecule has 0 amide bonds. The van der Waals surface area contributed by atoms with Crippen molar-refractivity contribution < 1.29 is 9.13 Å². The molecule has 0 aromatic heterocycles. The predicted molar refractivity (Wildman–Crippen MR) is 53.5 cm³/mol. The van der Waals surface area contributed by atoms with Crippen molar-refractivity contribution in [1.29, 1.82) is 0 Å². The molecule has 0 fully saturated rings. The molecule has 78 valence electrons. The van der Waals surface area contributed by atoms with E-state index in [2.05, 4.69) is 11.8 Å². The van der Waals surface area contributed by atoms with E-state index in [1.165, 1.54) is 0 Å². The number of halogens is 1. The molecule has 0 aliphatic heterocycles. The van der Waals surface area contributed by atoms with Crippen LogP contribution in [0.5, 0.6) is 0 Å². The molecule has 1 atom stereocenters. The number of rotatable bonds is 7. The van der Waals surface area contributed by atoms with E-state index in [1.54, 1.807) is 13.2 Å². The van der Waals surface area contributed by atoms with Gasteiger partial charge in [-0.3, -0.25) is 0 Å². The maximum atomic E-state index is 11.7. The molecule has 0 saturated heterocycles. The molecule has 0 heterocycles. The summed E-state index contributed by atoms with van der Waals surface area (Å²) in [5.41, 5.74) is 0. The lowest BCUT2D eigenvalue weighted by Gasteiger charge is -2.22. The molecule has 0 aliphatic carbocycles. The molecule has 0 N–H and O–H groups in total. The van der Waals surface area contributed by atoms with Crippen LogP contribution in [-0.2, 0) is 4.74 Å². The second-order valence-corrected chi connectivity index (χ2v) is 3.09. The van der Waals surface area contributed by atoms with Gasteiger partial charge < -0.3 is 9.64 Å². The summed E-state index contributed by atoms with van der Waals surface area (Å²) in [6, 6.07) is 0. The monoisotopic (exact) mass is 189 g/mol. The number of methoxy groups -OCH3 is 1. The largest absolute Gasteiger partial charge is 0.380 e. The lowest BCUT2D eigenvalue weighted by Crippen LogP contribution is -2.32. The van der Waals surface area contributed by atoms with Gasteiger partial charge in [0.05, 0.1) is 12.4 Å². The fourth-order valence-electron chi connectivity index (χ4n) is 1.14. The highest BCUT2D eigenvalue weighted by molar-refractivity contribution is 4.74. The molecule has 0 aromatic rings. The van der Waals surface area contributed by atoms with Crippen molar-refractivity contribution in [2.75, 3.05) is 26.7 Å². The maximum Gasteiger partial charge on any atom is 0.0827 e. The second-order valence-electron chi connectivity index (χ2n) is 3.09. The van der Waals surface area contributed by atoms with Crippen LogP contribution in [0.2, 0.25) is 0 Å². The molecular weight excluding hydrogens is 169 g/mol. The van der Waals surface area contributed by atoms with Gasteiger partial charge in [0, 0.05) is 20.2 Å². The zero-order valence-corrected chi connectivity index (χ0v) is 8.79. The highest BCUT2D eigenvalue weighted by Gasteiger charge is 2.05. The molecule has 3 heteroatoms. The van der Waals surface area contributed by atoms with Gasteiger partial charge in [-0.25, -0.2) is 4.39 Å². The molecule has 0 bridgehead atoms. The Kier molecular flexibility index (Phi) is 7.94. The first kappa shape index (κ1) is 12.6. The quantitative estimate of drug-likeness (QED) is 0.609. The normalized spacial score (nSPS) is 14.2. The number of likely N-dealkylation sites (N-methyl/N-ethyl adjacent to an activating group) is 1. The third-order valence-electron chi connectivity index (χ3n) is 2.07. The van der Waals surface area contributed by atoms with Gasteiger partial charge in [-0.15, -0.1) is 0 Å². The van der Waals surface area contributed by atoms with E-state index in [0.717, 1.165) is 26.1 Å². The standard InChI is InChI=1S/C10H20FNO/c1-4-12(8-6-5-7-11)9-10(2)13-3/h5,7,10H,4,6,8-9H2,1-3H3/b7-5+. The van der Waals surface area contributed by atoms with Crippen molar-refractivity contribution in [2.45, 2.75) is 26.4 Å². The summed E-state index contributed by atoms with van der Waals surface area (Å²) in [4.78, 5) is 2.24. The number of nitrogens with zero attached hydrogens (tertiary/aromatic N) is 1. The molecule has 2 nitrogen and oxygen atoms in total. The van der Waals surface area contributed by atoms with Gasteiger partial charge in [-0.05, 0) is 19.9 Å². The molecule has 0 radical (unpaired) electrons. The first-order chi connectivity index (χ1) is 6.24. The second kappa shape index (κ2) is 8.20. The maximum absolute atomic E-state index is 11.7. The van der Waals surface area contributed by atoms with Gasteiger partial charge in [0.2, 0.25) is 0 Å². The predicted octanol–water partition coefficient (Wildman–Crippen LogP) is 2.22. The molecule has 0 rings (SSSR count).